The van der Waals surface area contributed by atoms with Crippen molar-refractivity contribution in [2.45, 2.75) is 26.9 Å². The van der Waals surface area contributed by atoms with Crippen LogP contribution < -0.4 is 16.6 Å². The van der Waals surface area contributed by atoms with Crippen molar-refractivity contribution in [2.24, 2.45) is 14.1 Å². The molecular formula is C15H18N6O3S. The third-order valence-electron chi connectivity index (χ3n) is 3.98. The molecule has 0 aromatic carbocycles. The summed E-state index contributed by atoms with van der Waals surface area (Å²) in [7, 11) is 2.94. The number of amides is 1. The predicted molar refractivity (Wildman–Crippen MR) is 93.6 cm³/mol. The number of hydrogen-bond acceptors (Lipinski definition) is 6. The topological polar surface area (TPSA) is 104 Å². The van der Waals surface area contributed by atoms with Gasteiger partial charge in [0.2, 0.25) is 5.91 Å². The van der Waals surface area contributed by atoms with Gasteiger partial charge in [-0.1, -0.05) is 0 Å². The van der Waals surface area contributed by atoms with Crippen LogP contribution in [0.15, 0.2) is 15.9 Å². The Morgan fingerprint density at radius 3 is 2.60 bits per heavy atom. The Bertz CT molecular complexity index is 1090. The van der Waals surface area contributed by atoms with Gasteiger partial charge >= 0.3 is 5.69 Å². The van der Waals surface area contributed by atoms with Gasteiger partial charge in [0, 0.05) is 19.0 Å². The Morgan fingerprint density at radius 1 is 1.24 bits per heavy atom. The van der Waals surface area contributed by atoms with E-state index in [-0.39, 0.29) is 23.6 Å². The second kappa shape index (κ2) is 6.28. The van der Waals surface area contributed by atoms with Crippen LogP contribution in [0.5, 0.6) is 0 Å². The lowest BCUT2D eigenvalue weighted by Gasteiger charge is -2.07. The van der Waals surface area contributed by atoms with Gasteiger partial charge in [-0.2, -0.15) is 0 Å². The highest BCUT2D eigenvalue weighted by Crippen LogP contribution is 2.16. The summed E-state index contributed by atoms with van der Waals surface area (Å²) in [6, 6.07) is 0. The van der Waals surface area contributed by atoms with E-state index in [2.05, 4.69) is 15.3 Å². The summed E-state index contributed by atoms with van der Waals surface area (Å²) >= 11 is 1.54. The molecule has 10 heteroatoms. The fourth-order valence-corrected chi connectivity index (χ4v) is 3.52. The first kappa shape index (κ1) is 17.1. The SMILES string of the molecule is Cc1nc(C)c(CNC(=O)Cn2cnc3c2c(=O)n(C)c(=O)n3C)s1. The molecule has 0 fully saturated rings. The Hall–Kier alpha value is -2.75. The van der Waals surface area contributed by atoms with Gasteiger partial charge in [0.15, 0.2) is 11.2 Å². The molecule has 0 aliphatic heterocycles. The number of carbonyl (C=O) groups is 1. The van der Waals surface area contributed by atoms with Gasteiger partial charge in [0.05, 0.1) is 23.6 Å². The zero-order valence-electron chi connectivity index (χ0n) is 14.4. The quantitative estimate of drug-likeness (QED) is 0.694. The number of thiazole rings is 1. The second-order valence-corrected chi connectivity index (χ2v) is 7.06. The molecular weight excluding hydrogens is 344 g/mol. The molecule has 3 aromatic heterocycles. The van der Waals surface area contributed by atoms with Crippen molar-refractivity contribution >= 4 is 28.4 Å². The van der Waals surface area contributed by atoms with E-state index >= 15 is 0 Å². The lowest BCUT2D eigenvalue weighted by atomic mass is 10.4. The zero-order chi connectivity index (χ0) is 18.3. The highest BCUT2D eigenvalue weighted by atomic mass is 32.1. The third-order valence-corrected chi connectivity index (χ3v) is 5.05. The number of imidazole rings is 1. The first-order valence-corrected chi connectivity index (χ1v) is 8.41. The minimum atomic E-state index is -0.475. The highest BCUT2D eigenvalue weighted by molar-refractivity contribution is 7.11. The number of aromatic nitrogens is 5. The number of nitrogens with zero attached hydrogens (tertiary/aromatic N) is 5. The first-order chi connectivity index (χ1) is 11.8. The molecule has 3 aromatic rings. The molecule has 0 spiro atoms. The van der Waals surface area contributed by atoms with Gasteiger partial charge < -0.3 is 9.88 Å². The minimum absolute atomic E-state index is 0.0548. The van der Waals surface area contributed by atoms with Gasteiger partial charge in [0.25, 0.3) is 5.56 Å². The van der Waals surface area contributed by atoms with Gasteiger partial charge in [0.1, 0.15) is 6.54 Å². The molecule has 0 aliphatic carbocycles. The van der Waals surface area contributed by atoms with E-state index in [1.807, 2.05) is 13.8 Å². The Kier molecular flexibility index (Phi) is 4.29. The van der Waals surface area contributed by atoms with Crippen LogP contribution in [0.1, 0.15) is 15.6 Å². The van der Waals surface area contributed by atoms with E-state index < -0.39 is 11.2 Å². The maximum Gasteiger partial charge on any atom is 0.332 e. The number of nitrogens with one attached hydrogen (secondary N) is 1. The van der Waals surface area contributed by atoms with Crippen LogP contribution in [-0.2, 0) is 32.0 Å². The van der Waals surface area contributed by atoms with E-state index in [1.165, 1.54) is 40.9 Å². The number of fused-ring (bicyclic) bond motifs is 1. The van der Waals surface area contributed by atoms with Crippen LogP contribution in [0.3, 0.4) is 0 Å². The van der Waals surface area contributed by atoms with E-state index in [0.717, 1.165) is 20.1 Å². The average molecular weight is 362 g/mol. The largest absolute Gasteiger partial charge is 0.350 e. The number of hydrogen-bond donors (Lipinski definition) is 1. The van der Waals surface area contributed by atoms with Gasteiger partial charge in [-0.3, -0.25) is 18.7 Å². The van der Waals surface area contributed by atoms with E-state index in [1.54, 1.807) is 0 Å². The van der Waals surface area contributed by atoms with E-state index in [0.29, 0.717) is 6.54 Å². The molecule has 3 rings (SSSR count). The van der Waals surface area contributed by atoms with Crippen LogP contribution in [0.2, 0.25) is 0 Å². The molecule has 0 bridgehead atoms. The lowest BCUT2D eigenvalue weighted by molar-refractivity contribution is -0.121. The van der Waals surface area contributed by atoms with E-state index in [4.69, 9.17) is 0 Å². The molecule has 132 valence electrons. The molecule has 0 saturated heterocycles. The third kappa shape index (κ3) is 3.00. The summed E-state index contributed by atoms with van der Waals surface area (Å²) in [6.07, 6.45) is 1.40. The molecule has 9 nitrogen and oxygen atoms in total. The Balaban J connectivity index is 1.83. The summed E-state index contributed by atoms with van der Waals surface area (Å²) in [6.45, 7) is 4.15. The van der Waals surface area contributed by atoms with E-state index in [9.17, 15) is 14.4 Å². The fraction of sp³-hybridized carbons (Fsp3) is 0.400. The Morgan fingerprint density at radius 2 is 1.96 bits per heavy atom. The standard InChI is InChI=1S/C15H18N6O3S/c1-8-10(25-9(2)18-8)5-16-11(22)6-21-7-17-13-12(21)14(23)20(4)15(24)19(13)3/h7H,5-6H2,1-4H3,(H,16,22). The summed E-state index contributed by atoms with van der Waals surface area (Å²) in [5.74, 6) is -0.249. The smallest absolute Gasteiger partial charge is 0.332 e. The molecule has 0 unspecified atom stereocenters. The van der Waals surface area contributed by atoms with Crippen LogP contribution in [-0.4, -0.2) is 29.6 Å². The van der Waals surface area contributed by atoms with Gasteiger partial charge in [-0.15, -0.1) is 11.3 Å². The van der Waals surface area contributed by atoms with Crippen molar-refractivity contribution < 1.29 is 4.79 Å². The van der Waals surface area contributed by atoms with Crippen molar-refractivity contribution in [3.8, 4) is 0 Å². The second-order valence-electron chi connectivity index (χ2n) is 5.77. The van der Waals surface area contributed by atoms with Crippen molar-refractivity contribution in [3.05, 3.63) is 42.7 Å². The molecule has 0 atom stereocenters. The molecule has 0 radical (unpaired) electrons. The molecule has 1 amide bonds. The first-order valence-electron chi connectivity index (χ1n) is 7.60. The fourth-order valence-electron chi connectivity index (χ4n) is 2.64. The summed E-state index contributed by atoms with van der Waals surface area (Å²) in [5.41, 5.74) is 0.458. The minimum Gasteiger partial charge on any atom is -0.350 e. The maximum absolute atomic E-state index is 12.3. The number of carbonyl (C=O) groups excluding carboxylic acids is 1. The average Bonchev–Trinajstić information content (AvgIpc) is 3.12. The van der Waals surface area contributed by atoms with Crippen molar-refractivity contribution in [1.82, 2.24) is 29.0 Å². The summed E-state index contributed by atoms with van der Waals surface area (Å²) in [5, 5.41) is 3.77. The monoisotopic (exact) mass is 362 g/mol. The van der Waals surface area contributed by atoms with Crippen molar-refractivity contribution in [2.75, 3.05) is 0 Å². The summed E-state index contributed by atoms with van der Waals surface area (Å²) < 4.78 is 3.74. The van der Waals surface area contributed by atoms with Crippen molar-refractivity contribution in [3.63, 3.8) is 0 Å². The Labute approximate surface area is 146 Å². The van der Waals surface area contributed by atoms with Crippen LogP contribution in [0.25, 0.3) is 11.2 Å². The van der Waals surface area contributed by atoms with Gasteiger partial charge in [-0.25, -0.2) is 14.8 Å². The number of rotatable bonds is 4. The molecule has 0 aliphatic rings. The normalized spacial score (nSPS) is 11.2. The predicted octanol–water partition coefficient (Wildman–Crippen LogP) is -0.177. The lowest BCUT2D eigenvalue weighted by Crippen LogP contribution is -2.38. The maximum atomic E-state index is 12.3. The summed E-state index contributed by atoms with van der Waals surface area (Å²) in [4.78, 5) is 45.9. The van der Waals surface area contributed by atoms with Crippen LogP contribution in [0.4, 0.5) is 0 Å². The zero-order valence-corrected chi connectivity index (χ0v) is 15.2. The molecule has 1 N–H and O–H groups in total. The van der Waals surface area contributed by atoms with Crippen LogP contribution in [0, 0.1) is 13.8 Å². The number of aryl methyl sites for hydroxylation is 3. The highest BCUT2D eigenvalue weighted by Gasteiger charge is 2.16. The van der Waals surface area contributed by atoms with Crippen molar-refractivity contribution in [1.29, 1.82) is 0 Å². The molecule has 3 heterocycles. The van der Waals surface area contributed by atoms with Crippen LogP contribution >= 0.6 is 11.3 Å². The molecule has 0 saturated carbocycles. The molecule has 25 heavy (non-hydrogen) atoms. The van der Waals surface area contributed by atoms with Gasteiger partial charge in [-0.05, 0) is 13.8 Å².